The van der Waals surface area contributed by atoms with Crippen LogP contribution in [0.2, 0.25) is 0 Å². The second-order valence-electron chi connectivity index (χ2n) is 5.06. The molecule has 0 amide bonds. The van der Waals surface area contributed by atoms with Gasteiger partial charge in [-0.2, -0.15) is 0 Å². The zero-order valence-corrected chi connectivity index (χ0v) is 10.4. The van der Waals surface area contributed by atoms with Gasteiger partial charge in [-0.3, -0.25) is 0 Å². The highest BCUT2D eigenvalue weighted by atomic mass is 14.1. The quantitative estimate of drug-likeness (QED) is 0.664. The summed E-state index contributed by atoms with van der Waals surface area (Å²) in [6.07, 6.45) is 5.24. The molecule has 0 heterocycles. The first kappa shape index (κ1) is 10.6. The molecule has 0 saturated heterocycles. The summed E-state index contributed by atoms with van der Waals surface area (Å²) in [6.45, 7) is 2.14. The Morgan fingerprint density at radius 1 is 0.706 bits per heavy atom. The van der Waals surface area contributed by atoms with Gasteiger partial charge in [0.15, 0.2) is 0 Å². The lowest BCUT2D eigenvalue weighted by atomic mass is 9.89. The molecular weight excluding hydrogens is 204 g/mol. The van der Waals surface area contributed by atoms with Crippen LogP contribution in [-0.2, 0) is 12.8 Å². The maximum atomic E-state index is 2.39. The Kier molecular flexibility index (Phi) is 2.72. The molecule has 0 aromatic heterocycles. The first-order valence-corrected chi connectivity index (χ1v) is 6.52. The fourth-order valence-electron chi connectivity index (χ4n) is 2.66. The largest absolute Gasteiger partial charge is 0.0587 e. The Morgan fingerprint density at radius 2 is 1.35 bits per heavy atom. The van der Waals surface area contributed by atoms with Gasteiger partial charge in [-0.1, -0.05) is 48.0 Å². The average Bonchev–Trinajstić information content (AvgIpc) is 2.39. The maximum absolute atomic E-state index is 2.39. The minimum atomic E-state index is 1.26. The summed E-state index contributed by atoms with van der Waals surface area (Å²) in [7, 11) is 0. The van der Waals surface area contributed by atoms with Crippen molar-refractivity contribution in [2.75, 3.05) is 0 Å². The Balaban J connectivity index is 2.01. The van der Waals surface area contributed by atoms with E-state index in [0.717, 1.165) is 0 Å². The van der Waals surface area contributed by atoms with E-state index >= 15 is 0 Å². The monoisotopic (exact) mass is 222 g/mol. The lowest BCUT2D eigenvalue weighted by Crippen LogP contribution is -2.02. The zero-order chi connectivity index (χ0) is 11.7. The van der Waals surface area contributed by atoms with E-state index in [1.807, 2.05) is 0 Å². The molecule has 86 valence electrons. The molecule has 0 radical (unpaired) electrons. The molecule has 0 nitrogen and oxygen atoms in total. The molecule has 17 heavy (non-hydrogen) atoms. The molecule has 0 atom stereocenters. The minimum Gasteiger partial charge on any atom is -0.0587 e. The van der Waals surface area contributed by atoms with Crippen molar-refractivity contribution in [3.63, 3.8) is 0 Å². The summed E-state index contributed by atoms with van der Waals surface area (Å²) in [4.78, 5) is 0. The summed E-state index contributed by atoms with van der Waals surface area (Å²) in [5.74, 6) is 0. The fraction of sp³-hybridized carbons (Fsp3) is 0.294. The standard InChI is InChI=1S/C17H18/c1-13-6-8-15(9-7-13)17-11-10-14-4-2-3-5-16(14)12-17/h6-12H,2-5H2,1H3. The molecule has 0 N–H and O–H groups in total. The van der Waals surface area contributed by atoms with Crippen LogP contribution in [0.3, 0.4) is 0 Å². The van der Waals surface area contributed by atoms with Crippen molar-refractivity contribution >= 4 is 0 Å². The van der Waals surface area contributed by atoms with Gasteiger partial charge in [-0.15, -0.1) is 0 Å². The number of benzene rings is 2. The van der Waals surface area contributed by atoms with Gasteiger partial charge in [0, 0.05) is 0 Å². The second kappa shape index (κ2) is 4.37. The lowest BCUT2D eigenvalue weighted by Gasteiger charge is -2.16. The van der Waals surface area contributed by atoms with Crippen molar-refractivity contribution in [2.24, 2.45) is 0 Å². The van der Waals surface area contributed by atoms with E-state index in [4.69, 9.17) is 0 Å². The fourth-order valence-corrected chi connectivity index (χ4v) is 2.66. The molecular formula is C17H18. The number of aryl methyl sites for hydroxylation is 3. The van der Waals surface area contributed by atoms with Gasteiger partial charge < -0.3 is 0 Å². The summed E-state index contributed by atoms with van der Waals surface area (Å²) in [6, 6.07) is 15.8. The van der Waals surface area contributed by atoms with Gasteiger partial charge >= 0.3 is 0 Å². The number of rotatable bonds is 1. The molecule has 3 rings (SSSR count). The van der Waals surface area contributed by atoms with E-state index in [0.29, 0.717) is 0 Å². The van der Waals surface area contributed by atoms with E-state index in [9.17, 15) is 0 Å². The van der Waals surface area contributed by atoms with Crippen LogP contribution in [0.1, 0.15) is 29.5 Å². The highest BCUT2D eigenvalue weighted by Crippen LogP contribution is 2.27. The number of hydrogen-bond acceptors (Lipinski definition) is 0. The Bertz CT molecular complexity index is 520. The molecule has 0 bridgehead atoms. The molecule has 2 aromatic rings. The normalized spacial score (nSPS) is 14.4. The molecule has 0 spiro atoms. The predicted molar refractivity (Wildman–Crippen MR) is 73.3 cm³/mol. The van der Waals surface area contributed by atoms with Gasteiger partial charge in [-0.25, -0.2) is 0 Å². The first-order chi connectivity index (χ1) is 8.33. The third kappa shape index (κ3) is 2.12. The summed E-state index contributed by atoms with van der Waals surface area (Å²) < 4.78 is 0. The van der Waals surface area contributed by atoms with Crippen LogP contribution in [-0.4, -0.2) is 0 Å². The molecule has 0 saturated carbocycles. The van der Waals surface area contributed by atoms with Crippen LogP contribution in [0.25, 0.3) is 11.1 Å². The number of hydrogen-bond donors (Lipinski definition) is 0. The van der Waals surface area contributed by atoms with Crippen molar-refractivity contribution in [3.05, 3.63) is 59.2 Å². The lowest BCUT2D eigenvalue weighted by molar-refractivity contribution is 0.686. The molecule has 0 heteroatoms. The van der Waals surface area contributed by atoms with E-state index in [1.165, 1.54) is 42.4 Å². The first-order valence-electron chi connectivity index (χ1n) is 6.52. The van der Waals surface area contributed by atoms with E-state index in [-0.39, 0.29) is 0 Å². The molecule has 0 unspecified atom stereocenters. The van der Waals surface area contributed by atoms with Crippen LogP contribution < -0.4 is 0 Å². The smallest absolute Gasteiger partial charge is 0.0181 e. The van der Waals surface area contributed by atoms with Gasteiger partial charge in [-0.05, 0) is 54.9 Å². The van der Waals surface area contributed by atoms with Crippen molar-refractivity contribution in [2.45, 2.75) is 32.6 Å². The zero-order valence-electron chi connectivity index (χ0n) is 10.4. The third-order valence-electron chi connectivity index (χ3n) is 3.73. The molecule has 0 aliphatic heterocycles. The minimum absolute atomic E-state index is 1.26. The molecule has 2 aromatic carbocycles. The third-order valence-corrected chi connectivity index (χ3v) is 3.73. The average molecular weight is 222 g/mol. The van der Waals surface area contributed by atoms with Crippen LogP contribution in [0.5, 0.6) is 0 Å². The van der Waals surface area contributed by atoms with Gasteiger partial charge in [0.25, 0.3) is 0 Å². The van der Waals surface area contributed by atoms with Crippen molar-refractivity contribution < 1.29 is 0 Å². The Labute approximate surface area is 103 Å². The summed E-state index contributed by atoms with van der Waals surface area (Å²) in [5.41, 5.74) is 7.16. The summed E-state index contributed by atoms with van der Waals surface area (Å²) >= 11 is 0. The predicted octanol–water partition coefficient (Wildman–Crippen LogP) is 4.54. The van der Waals surface area contributed by atoms with E-state index < -0.39 is 0 Å². The van der Waals surface area contributed by atoms with Crippen LogP contribution in [0.4, 0.5) is 0 Å². The van der Waals surface area contributed by atoms with Crippen LogP contribution >= 0.6 is 0 Å². The van der Waals surface area contributed by atoms with Gasteiger partial charge in [0.05, 0.1) is 0 Å². The SMILES string of the molecule is Cc1ccc(-c2ccc3c(c2)CCCC3)cc1. The van der Waals surface area contributed by atoms with Crippen LogP contribution in [0, 0.1) is 6.92 Å². The van der Waals surface area contributed by atoms with Crippen molar-refractivity contribution in [1.82, 2.24) is 0 Å². The highest BCUT2D eigenvalue weighted by Gasteiger charge is 2.09. The molecule has 0 fully saturated rings. The maximum Gasteiger partial charge on any atom is -0.0181 e. The second-order valence-corrected chi connectivity index (χ2v) is 5.06. The summed E-state index contributed by atoms with van der Waals surface area (Å²) in [5, 5.41) is 0. The number of fused-ring (bicyclic) bond motifs is 1. The molecule has 1 aliphatic rings. The van der Waals surface area contributed by atoms with Crippen molar-refractivity contribution in [1.29, 1.82) is 0 Å². The highest BCUT2D eigenvalue weighted by molar-refractivity contribution is 5.65. The van der Waals surface area contributed by atoms with E-state index in [1.54, 1.807) is 11.1 Å². The van der Waals surface area contributed by atoms with Crippen LogP contribution in [0.15, 0.2) is 42.5 Å². The molecule has 1 aliphatic carbocycles. The van der Waals surface area contributed by atoms with Crippen molar-refractivity contribution in [3.8, 4) is 11.1 Å². The Morgan fingerprint density at radius 3 is 2.12 bits per heavy atom. The van der Waals surface area contributed by atoms with E-state index in [2.05, 4.69) is 49.4 Å². The Hall–Kier alpha value is -1.56. The van der Waals surface area contributed by atoms with Gasteiger partial charge in [0.2, 0.25) is 0 Å². The van der Waals surface area contributed by atoms with Gasteiger partial charge in [0.1, 0.15) is 0 Å². The topological polar surface area (TPSA) is 0 Å².